The monoisotopic (exact) mass is 429 g/mol. The van der Waals surface area contributed by atoms with Gasteiger partial charge >= 0.3 is 0 Å². The van der Waals surface area contributed by atoms with Crippen molar-refractivity contribution in [1.29, 1.82) is 0 Å². The van der Waals surface area contributed by atoms with Crippen LogP contribution < -0.4 is 11.1 Å². The van der Waals surface area contributed by atoms with E-state index in [9.17, 15) is 9.59 Å². The fourth-order valence-corrected chi connectivity index (χ4v) is 5.14. The summed E-state index contributed by atoms with van der Waals surface area (Å²) in [6.07, 6.45) is 0. The zero-order valence-electron chi connectivity index (χ0n) is 15.4. The Hall–Kier alpha value is -2.29. The fourth-order valence-electron chi connectivity index (χ4n) is 2.44. The fraction of sp³-hybridized carbons (Fsp3) is 0.150. The van der Waals surface area contributed by atoms with Gasteiger partial charge in [0.15, 0.2) is 4.34 Å². The Kier molecular flexibility index (Phi) is 6.77. The van der Waals surface area contributed by atoms with Gasteiger partial charge in [-0.2, -0.15) is 0 Å². The Balaban J connectivity index is 1.73. The van der Waals surface area contributed by atoms with Crippen molar-refractivity contribution in [1.82, 2.24) is 4.98 Å². The summed E-state index contributed by atoms with van der Waals surface area (Å²) >= 11 is 4.48. The number of primary amides is 1. The maximum atomic E-state index is 12.8. The Morgan fingerprint density at radius 1 is 1.18 bits per heavy atom. The molecule has 3 aromatic rings. The number of benzene rings is 2. The lowest BCUT2D eigenvalue weighted by Gasteiger charge is -2.12. The number of hydrogen-bond donors (Lipinski definition) is 2. The summed E-state index contributed by atoms with van der Waals surface area (Å²) in [5.74, 6) is -0.503. The molecule has 0 aliphatic heterocycles. The topological polar surface area (TPSA) is 85.1 Å². The summed E-state index contributed by atoms with van der Waals surface area (Å²) < 4.78 is 0.995. The van der Waals surface area contributed by atoms with Gasteiger partial charge in [-0.3, -0.25) is 9.59 Å². The highest BCUT2D eigenvalue weighted by molar-refractivity contribution is 8.01. The number of thioether (sulfide) groups is 1. The third-order valence-corrected chi connectivity index (χ3v) is 6.89. The van der Waals surface area contributed by atoms with E-state index < -0.39 is 5.91 Å². The van der Waals surface area contributed by atoms with Crippen LogP contribution in [0.4, 0.5) is 5.69 Å². The van der Waals surface area contributed by atoms with Crippen molar-refractivity contribution in [3.8, 4) is 0 Å². The third-order valence-electron chi connectivity index (χ3n) is 3.75. The molecule has 144 valence electrons. The van der Waals surface area contributed by atoms with E-state index in [1.165, 1.54) is 11.8 Å². The number of thiazole rings is 1. The van der Waals surface area contributed by atoms with Crippen LogP contribution in [0.1, 0.15) is 21.6 Å². The summed E-state index contributed by atoms with van der Waals surface area (Å²) in [7, 11) is 0. The van der Waals surface area contributed by atoms with Crippen LogP contribution in [0.2, 0.25) is 0 Å². The van der Waals surface area contributed by atoms with E-state index in [2.05, 4.69) is 10.3 Å². The van der Waals surface area contributed by atoms with Crippen molar-refractivity contribution in [3.05, 3.63) is 64.7 Å². The molecule has 0 aliphatic rings. The number of aromatic nitrogens is 1. The quantitative estimate of drug-likeness (QED) is 0.530. The molecule has 5 nitrogen and oxygen atoms in total. The van der Waals surface area contributed by atoms with Crippen LogP contribution in [0.25, 0.3) is 0 Å². The standard InChI is InChI=1S/C20H19N3O2S3/c1-12-9-14(28-20-22-13(2)10-27-20)7-8-16(12)23-19(25)15-5-3-4-6-17(15)26-11-18(21)24/h3-10H,11H2,1-2H3,(H2,21,24)(H,23,25). The summed E-state index contributed by atoms with van der Waals surface area (Å²) in [6, 6.07) is 13.1. The molecule has 1 aromatic heterocycles. The van der Waals surface area contributed by atoms with Gasteiger partial charge < -0.3 is 11.1 Å². The van der Waals surface area contributed by atoms with Crippen LogP contribution in [-0.4, -0.2) is 22.6 Å². The Labute approximate surface area is 176 Å². The van der Waals surface area contributed by atoms with E-state index in [1.54, 1.807) is 35.2 Å². The molecule has 0 aliphatic carbocycles. The summed E-state index contributed by atoms with van der Waals surface area (Å²) in [4.78, 5) is 30.1. The second-order valence-corrected chi connectivity index (χ2v) is 9.23. The number of amides is 2. The highest BCUT2D eigenvalue weighted by Gasteiger charge is 2.14. The number of carbonyl (C=O) groups excluding carboxylic acids is 2. The lowest BCUT2D eigenvalue weighted by Crippen LogP contribution is -2.16. The normalized spacial score (nSPS) is 10.6. The van der Waals surface area contributed by atoms with Crippen molar-refractivity contribution >= 4 is 52.4 Å². The van der Waals surface area contributed by atoms with Crippen LogP contribution in [0, 0.1) is 13.8 Å². The molecule has 3 rings (SSSR count). The molecule has 0 spiro atoms. The molecular weight excluding hydrogens is 410 g/mol. The van der Waals surface area contributed by atoms with E-state index >= 15 is 0 Å². The lowest BCUT2D eigenvalue weighted by molar-refractivity contribution is -0.115. The van der Waals surface area contributed by atoms with E-state index in [0.717, 1.165) is 31.1 Å². The molecule has 0 atom stereocenters. The number of hydrogen-bond acceptors (Lipinski definition) is 6. The second kappa shape index (κ2) is 9.27. The number of carbonyl (C=O) groups is 2. The molecular formula is C20H19N3O2S3. The summed E-state index contributed by atoms with van der Waals surface area (Å²) in [6.45, 7) is 3.94. The van der Waals surface area contributed by atoms with Crippen LogP contribution >= 0.6 is 34.9 Å². The van der Waals surface area contributed by atoms with Gasteiger partial charge in [-0.25, -0.2) is 4.98 Å². The summed E-state index contributed by atoms with van der Waals surface area (Å²) in [5.41, 5.74) is 8.46. The van der Waals surface area contributed by atoms with E-state index in [0.29, 0.717) is 5.56 Å². The van der Waals surface area contributed by atoms with Gasteiger partial charge in [0.1, 0.15) is 0 Å². The molecule has 8 heteroatoms. The molecule has 1 heterocycles. The maximum absolute atomic E-state index is 12.8. The van der Waals surface area contributed by atoms with Gasteiger partial charge in [0.05, 0.1) is 11.3 Å². The Morgan fingerprint density at radius 2 is 1.96 bits per heavy atom. The zero-order chi connectivity index (χ0) is 20.1. The SMILES string of the molecule is Cc1csc(Sc2ccc(NC(=O)c3ccccc3SCC(N)=O)c(C)c2)n1. The molecule has 28 heavy (non-hydrogen) atoms. The van der Waals surface area contributed by atoms with Gasteiger partial charge in [0.25, 0.3) is 5.91 Å². The van der Waals surface area contributed by atoms with Crippen LogP contribution in [0.15, 0.2) is 62.0 Å². The second-order valence-electron chi connectivity index (χ2n) is 6.04. The number of aryl methyl sites for hydroxylation is 2. The van der Waals surface area contributed by atoms with Gasteiger partial charge in [0, 0.05) is 26.6 Å². The van der Waals surface area contributed by atoms with Crippen molar-refractivity contribution in [2.24, 2.45) is 5.73 Å². The van der Waals surface area contributed by atoms with Crippen molar-refractivity contribution < 1.29 is 9.59 Å². The largest absolute Gasteiger partial charge is 0.369 e. The predicted octanol–water partition coefficient (Wildman–Crippen LogP) is 4.74. The molecule has 0 unspecified atom stereocenters. The third kappa shape index (κ3) is 5.37. The maximum Gasteiger partial charge on any atom is 0.256 e. The van der Waals surface area contributed by atoms with Gasteiger partial charge in [-0.1, -0.05) is 23.9 Å². The van der Waals surface area contributed by atoms with Gasteiger partial charge in [0.2, 0.25) is 5.91 Å². The van der Waals surface area contributed by atoms with Crippen LogP contribution in [-0.2, 0) is 4.79 Å². The van der Waals surface area contributed by atoms with Gasteiger partial charge in [-0.05, 0) is 49.7 Å². The molecule has 0 saturated heterocycles. The highest BCUT2D eigenvalue weighted by atomic mass is 32.2. The molecule has 3 N–H and O–H groups in total. The smallest absolute Gasteiger partial charge is 0.256 e. The summed E-state index contributed by atoms with van der Waals surface area (Å²) in [5, 5.41) is 4.98. The van der Waals surface area contributed by atoms with Crippen molar-refractivity contribution in [2.75, 3.05) is 11.1 Å². The Bertz CT molecular complexity index is 1020. The number of nitrogens with zero attached hydrogens (tertiary/aromatic N) is 1. The molecule has 0 bridgehead atoms. The first-order valence-electron chi connectivity index (χ1n) is 8.44. The molecule has 0 fully saturated rings. The average Bonchev–Trinajstić information content (AvgIpc) is 3.07. The van der Waals surface area contributed by atoms with Crippen LogP contribution in [0.5, 0.6) is 0 Å². The van der Waals surface area contributed by atoms with Crippen molar-refractivity contribution in [3.63, 3.8) is 0 Å². The van der Waals surface area contributed by atoms with E-state index in [1.807, 2.05) is 49.6 Å². The minimum Gasteiger partial charge on any atom is -0.369 e. The predicted molar refractivity (Wildman–Crippen MR) is 116 cm³/mol. The Morgan fingerprint density at radius 3 is 2.64 bits per heavy atom. The first-order valence-corrected chi connectivity index (χ1v) is 11.1. The molecule has 0 saturated carbocycles. The molecule has 2 amide bonds. The molecule has 2 aromatic carbocycles. The first kappa shape index (κ1) is 20.4. The average molecular weight is 430 g/mol. The van der Waals surface area contributed by atoms with E-state index in [4.69, 9.17) is 5.73 Å². The number of nitrogens with one attached hydrogen (secondary N) is 1. The number of nitrogens with two attached hydrogens (primary N) is 1. The lowest BCUT2D eigenvalue weighted by atomic mass is 10.1. The highest BCUT2D eigenvalue weighted by Crippen LogP contribution is 2.32. The van der Waals surface area contributed by atoms with E-state index in [-0.39, 0.29) is 11.7 Å². The number of rotatable bonds is 7. The minimum absolute atomic E-state index is 0.130. The van der Waals surface area contributed by atoms with Gasteiger partial charge in [-0.15, -0.1) is 23.1 Å². The number of anilines is 1. The zero-order valence-corrected chi connectivity index (χ0v) is 17.8. The molecule has 0 radical (unpaired) electrons. The minimum atomic E-state index is -0.417. The van der Waals surface area contributed by atoms with Crippen molar-refractivity contribution in [2.45, 2.75) is 28.0 Å². The van der Waals surface area contributed by atoms with Crippen LogP contribution in [0.3, 0.4) is 0 Å². The first-order chi connectivity index (χ1) is 13.4.